The zero-order chi connectivity index (χ0) is 2.00. The number of rotatable bonds is 0. The zero-order valence-electron chi connectivity index (χ0n) is 1.97. The molecule has 0 aromatic heterocycles. The molecule has 0 aromatic carbocycles. The fourth-order valence-electron chi connectivity index (χ4n) is 0. The van der Waals surface area contributed by atoms with Gasteiger partial charge < -0.3 is 0 Å². The van der Waals surface area contributed by atoms with Gasteiger partial charge in [0.1, 0.15) is 0 Å². The van der Waals surface area contributed by atoms with Gasteiger partial charge in [-0.3, -0.25) is 4.70 Å². The molecule has 0 fully saturated rings. The van der Waals surface area contributed by atoms with Gasteiger partial charge in [0.05, 0.1) is 0 Å². The first-order valence-corrected chi connectivity index (χ1v) is 0.707. The van der Waals surface area contributed by atoms with Crippen molar-refractivity contribution in [2.75, 3.05) is 0 Å². The van der Waals surface area contributed by atoms with Crippen molar-refractivity contribution in [1.29, 1.82) is 0 Å². The van der Waals surface area contributed by atoms with E-state index in [9.17, 15) is 0 Å². The minimum atomic E-state index is 0. The summed E-state index contributed by atoms with van der Waals surface area (Å²) in [5.74, 6) is 0. The summed E-state index contributed by atoms with van der Waals surface area (Å²) in [5, 5.41) is 0. The standard InChI is InChI=1S/Al.FH.O.Y/h;1H;;. The number of halogens is 1. The summed E-state index contributed by atoms with van der Waals surface area (Å²) in [7, 11) is 0. The fourth-order valence-corrected chi connectivity index (χ4v) is 0. The summed E-state index contributed by atoms with van der Waals surface area (Å²) in [5.41, 5.74) is 0. The molecule has 20 valence electrons. The van der Waals surface area contributed by atoms with E-state index in [-0.39, 0.29) is 37.4 Å². The second kappa shape index (κ2) is 26.5. The molecule has 0 aliphatic heterocycles. The van der Waals surface area contributed by atoms with E-state index in [2.05, 4.69) is 0 Å². The van der Waals surface area contributed by atoms with Crippen LogP contribution in [0.15, 0.2) is 0 Å². The smallest absolute Gasteiger partial charge is 0 e. The van der Waals surface area contributed by atoms with Crippen molar-refractivity contribution in [3.63, 3.8) is 0 Å². The van der Waals surface area contributed by atoms with Crippen molar-refractivity contribution in [3.8, 4) is 0 Å². The molecule has 0 unspecified atom stereocenters. The maximum Gasteiger partial charge on any atom is 0 e. The molecule has 2 radical (unpaired) electrons. The summed E-state index contributed by atoms with van der Waals surface area (Å²) < 4.78 is 8.17. The third-order valence-electron chi connectivity index (χ3n) is 0. The monoisotopic (exact) mass is 152 g/mol. The van der Waals surface area contributed by atoms with E-state index >= 15 is 0 Å². The Hall–Kier alpha value is 1.37. The molecular formula is HAlFOY. The van der Waals surface area contributed by atoms with E-state index in [1.807, 2.05) is 0 Å². The van der Waals surface area contributed by atoms with E-state index in [1.165, 1.54) is 16.2 Å². The molecule has 0 spiro atoms. The predicted molar refractivity (Wildman–Crippen MR) is 8.94 cm³/mol. The van der Waals surface area contributed by atoms with Crippen molar-refractivity contribution in [2.45, 2.75) is 0 Å². The Balaban J connectivity index is -0.00000000500. The molecule has 0 bridgehead atoms. The molecule has 0 rings (SSSR count). The molecule has 0 aliphatic carbocycles. The van der Waals surface area contributed by atoms with Gasteiger partial charge in [-0.05, 0) is 0 Å². The third-order valence-corrected chi connectivity index (χ3v) is 0. The Morgan fingerprint density at radius 2 is 1.25 bits per heavy atom. The van der Waals surface area contributed by atoms with Gasteiger partial charge in [0.25, 0.3) is 0 Å². The minimum absolute atomic E-state index is 0. The molecule has 0 aromatic rings. The summed E-state index contributed by atoms with van der Waals surface area (Å²) >= 11 is 1.17. The Kier molecular flexibility index (Phi) is 121. The fraction of sp³-hybridized carbons (Fsp3) is 0. The van der Waals surface area contributed by atoms with E-state index < -0.39 is 0 Å². The van der Waals surface area contributed by atoms with Crippen LogP contribution in [0.4, 0.5) is 4.70 Å². The molecular weight excluding hydrogens is 151 g/mol. The van der Waals surface area contributed by atoms with Gasteiger partial charge in [-0.2, -0.15) is 0 Å². The predicted octanol–water partition coefficient (Wildman–Crippen LogP) is -0.350. The van der Waals surface area contributed by atoms with Crippen LogP contribution in [-0.4, -0.2) is 16.2 Å². The minimum Gasteiger partial charge on any atom is 0 e. The van der Waals surface area contributed by atoms with Crippen LogP contribution in [0.5, 0.6) is 0 Å². The molecule has 4 heavy (non-hydrogen) atoms. The van der Waals surface area contributed by atoms with Crippen molar-refractivity contribution in [3.05, 3.63) is 0 Å². The van der Waals surface area contributed by atoms with Gasteiger partial charge in [-0.15, -0.1) is 0 Å². The molecule has 0 heterocycles. The van der Waals surface area contributed by atoms with E-state index in [0.29, 0.717) is 0 Å². The molecule has 4 heteroatoms. The number of hydrogen-bond acceptors (Lipinski definition) is 1. The maximum absolute atomic E-state index is 8.17. The van der Waals surface area contributed by atoms with Gasteiger partial charge in [0, 0.05) is 32.7 Å². The van der Waals surface area contributed by atoms with E-state index in [4.69, 9.17) is 3.80 Å². The van der Waals surface area contributed by atoms with Gasteiger partial charge in [0.15, 0.2) is 0 Å². The summed E-state index contributed by atoms with van der Waals surface area (Å²) in [6, 6.07) is 0. The average molecular weight is 152 g/mol. The van der Waals surface area contributed by atoms with E-state index in [1.54, 1.807) is 0 Å². The largest absolute Gasteiger partial charge is 0 e. The Morgan fingerprint density at radius 3 is 1.25 bits per heavy atom. The molecule has 0 saturated heterocycles. The van der Waals surface area contributed by atoms with Crippen molar-refractivity contribution < 1.29 is 41.2 Å². The second-order valence-corrected chi connectivity index (χ2v) is 0. The Bertz CT molecular complexity index is 8.00. The van der Waals surface area contributed by atoms with Crippen LogP contribution in [0.2, 0.25) is 0 Å². The zero-order valence-corrected chi connectivity index (χ0v) is 5.96. The quantitative estimate of drug-likeness (QED) is 0.433. The second-order valence-electron chi connectivity index (χ2n) is 0. The van der Waals surface area contributed by atoms with Crippen LogP contribution in [0.25, 0.3) is 0 Å². The average Bonchev–Trinajstić information content (AvgIpc) is 1.00. The van der Waals surface area contributed by atoms with Gasteiger partial charge in [-0.1, -0.05) is 0 Å². The van der Waals surface area contributed by atoms with Crippen molar-refractivity contribution in [1.82, 2.24) is 0 Å². The summed E-state index contributed by atoms with van der Waals surface area (Å²) in [6.07, 6.45) is 0. The first-order chi connectivity index (χ1) is 1.00. The van der Waals surface area contributed by atoms with Crippen LogP contribution >= 0.6 is 0 Å². The van der Waals surface area contributed by atoms with Gasteiger partial charge in [0.2, 0.25) is 0 Å². The summed E-state index contributed by atoms with van der Waals surface area (Å²) in [6.45, 7) is 0. The molecule has 1 nitrogen and oxygen atoms in total. The Labute approximate surface area is 57.0 Å². The van der Waals surface area contributed by atoms with Crippen LogP contribution < -0.4 is 0 Å². The third kappa shape index (κ3) is 10.1. The number of hydrogen-bond donors (Lipinski definition) is 0. The summed E-state index contributed by atoms with van der Waals surface area (Å²) in [4.78, 5) is 0. The molecule has 0 atom stereocenters. The topological polar surface area (TPSA) is 17.1 Å². The molecule has 0 N–H and O–H groups in total. The normalized spacial score (nSPS) is 0.750. The molecule has 0 saturated carbocycles. The first-order valence-electron chi connectivity index (χ1n) is 0.236. The Morgan fingerprint density at radius 1 is 1.25 bits per heavy atom. The van der Waals surface area contributed by atoms with Crippen LogP contribution in [0.3, 0.4) is 0 Å². The van der Waals surface area contributed by atoms with E-state index in [0.717, 1.165) is 0 Å². The molecule has 0 amide bonds. The maximum atomic E-state index is 8.17. The van der Waals surface area contributed by atoms with Gasteiger partial charge >= 0.3 is 20.0 Å². The van der Waals surface area contributed by atoms with Gasteiger partial charge in [-0.25, -0.2) is 0 Å². The van der Waals surface area contributed by atoms with Crippen LogP contribution in [-0.2, 0) is 36.5 Å². The first kappa shape index (κ1) is 18.3. The van der Waals surface area contributed by atoms with Crippen molar-refractivity contribution in [2.24, 2.45) is 0 Å². The van der Waals surface area contributed by atoms with Crippen molar-refractivity contribution >= 4 is 16.2 Å². The van der Waals surface area contributed by atoms with Crippen LogP contribution in [0.1, 0.15) is 0 Å². The van der Waals surface area contributed by atoms with Crippen LogP contribution in [0, 0.1) is 0 Å². The SMILES string of the molecule is F.[O]=[Al].[Y]. The molecule has 0 aliphatic rings.